The van der Waals surface area contributed by atoms with Gasteiger partial charge in [0.2, 0.25) is 5.91 Å². The Balaban J connectivity index is 1.28. The number of aryl methyl sites for hydroxylation is 2. The molecule has 5 nitrogen and oxygen atoms in total. The lowest BCUT2D eigenvalue weighted by molar-refractivity contribution is -0.120. The van der Waals surface area contributed by atoms with E-state index in [1.807, 2.05) is 18.2 Å². The predicted octanol–water partition coefficient (Wildman–Crippen LogP) is 4.49. The Hall–Kier alpha value is -1.99. The second-order valence-corrected chi connectivity index (χ2v) is 9.43. The van der Waals surface area contributed by atoms with Crippen LogP contribution in [0.5, 0.6) is 0 Å². The fraction of sp³-hybridized carbons (Fsp3) is 0.450. The van der Waals surface area contributed by atoms with Crippen molar-refractivity contribution in [1.82, 2.24) is 9.97 Å². The van der Waals surface area contributed by atoms with Crippen LogP contribution in [-0.2, 0) is 17.6 Å². The number of benzene rings is 1. The van der Waals surface area contributed by atoms with Crippen LogP contribution in [0.1, 0.15) is 36.3 Å². The van der Waals surface area contributed by atoms with Gasteiger partial charge in [-0.15, -0.1) is 11.3 Å². The van der Waals surface area contributed by atoms with E-state index in [0.29, 0.717) is 0 Å². The van der Waals surface area contributed by atoms with Crippen molar-refractivity contribution in [2.45, 2.75) is 38.5 Å². The van der Waals surface area contributed by atoms with Crippen LogP contribution in [0.15, 0.2) is 24.3 Å². The Morgan fingerprint density at radius 1 is 1.11 bits per heavy atom. The molecule has 1 atom stereocenters. The van der Waals surface area contributed by atoms with Gasteiger partial charge in [0.1, 0.15) is 0 Å². The number of aromatic nitrogens is 2. The highest BCUT2D eigenvalue weighted by Crippen LogP contribution is 2.33. The van der Waals surface area contributed by atoms with Crippen molar-refractivity contribution in [2.24, 2.45) is 5.92 Å². The molecule has 1 unspecified atom stereocenters. The zero-order valence-corrected chi connectivity index (χ0v) is 16.7. The van der Waals surface area contributed by atoms with Crippen molar-refractivity contribution in [3.8, 4) is 0 Å². The molecule has 3 aromatic rings. The van der Waals surface area contributed by atoms with Crippen molar-refractivity contribution < 1.29 is 4.79 Å². The van der Waals surface area contributed by atoms with Gasteiger partial charge in [0.15, 0.2) is 10.3 Å². The summed E-state index contributed by atoms with van der Waals surface area (Å²) in [5.41, 5.74) is 2.23. The highest BCUT2D eigenvalue weighted by Gasteiger charge is 2.28. The van der Waals surface area contributed by atoms with Gasteiger partial charge in [0.05, 0.1) is 21.8 Å². The van der Waals surface area contributed by atoms with Crippen LogP contribution in [0.4, 0.5) is 10.3 Å². The van der Waals surface area contributed by atoms with Gasteiger partial charge >= 0.3 is 0 Å². The molecule has 0 bridgehead atoms. The predicted molar refractivity (Wildman–Crippen MR) is 112 cm³/mol. The minimum absolute atomic E-state index is 0.00769. The molecule has 1 N–H and O–H groups in total. The molecule has 27 heavy (non-hydrogen) atoms. The number of thiazole rings is 2. The summed E-state index contributed by atoms with van der Waals surface area (Å²) in [5, 5.41) is 4.90. The summed E-state index contributed by atoms with van der Waals surface area (Å²) in [6.45, 7) is 1.70. The second kappa shape index (κ2) is 7.20. The highest BCUT2D eigenvalue weighted by molar-refractivity contribution is 7.22. The maximum absolute atomic E-state index is 12.8. The average molecular weight is 399 g/mol. The summed E-state index contributed by atoms with van der Waals surface area (Å²) in [7, 11) is 0. The molecule has 1 saturated heterocycles. The lowest BCUT2D eigenvalue weighted by Gasteiger charge is -2.31. The van der Waals surface area contributed by atoms with E-state index in [2.05, 4.69) is 21.3 Å². The fourth-order valence-corrected chi connectivity index (χ4v) is 6.03. The highest BCUT2D eigenvalue weighted by atomic mass is 32.1. The van der Waals surface area contributed by atoms with Crippen LogP contribution in [-0.4, -0.2) is 29.0 Å². The summed E-state index contributed by atoms with van der Waals surface area (Å²) in [5.74, 6) is 0.0959. The van der Waals surface area contributed by atoms with E-state index >= 15 is 0 Å². The number of rotatable bonds is 3. The van der Waals surface area contributed by atoms with Crippen molar-refractivity contribution in [2.75, 3.05) is 23.3 Å². The molecule has 0 radical (unpaired) electrons. The van der Waals surface area contributed by atoms with Crippen LogP contribution in [0.25, 0.3) is 10.2 Å². The number of nitrogens with one attached hydrogen (secondary N) is 1. The summed E-state index contributed by atoms with van der Waals surface area (Å²) < 4.78 is 1.20. The second-order valence-electron chi connectivity index (χ2n) is 7.33. The van der Waals surface area contributed by atoms with E-state index < -0.39 is 0 Å². The van der Waals surface area contributed by atoms with Gasteiger partial charge in [-0.05, 0) is 50.7 Å². The summed E-state index contributed by atoms with van der Waals surface area (Å²) in [4.78, 5) is 25.9. The van der Waals surface area contributed by atoms with Crippen LogP contribution in [0.3, 0.4) is 0 Å². The van der Waals surface area contributed by atoms with Crippen LogP contribution >= 0.6 is 22.7 Å². The van der Waals surface area contributed by atoms with Crippen LogP contribution in [0.2, 0.25) is 0 Å². The van der Waals surface area contributed by atoms with Crippen molar-refractivity contribution in [3.05, 3.63) is 34.8 Å². The van der Waals surface area contributed by atoms with Gasteiger partial charge < -0.3 is 10.2 Å². The zero-order valence-electron chi connectivity index (χ0n) is 15.1. The number of carbonyl (C=O) groups is 1. The molecular weight excluding hydrogens is 376 g/mol. The van der Waals surface area contributed by atoms with Gasteiger partial charge in [0, 0.05) is 18.0 Å². The molecule has 3 heterocycles. The maximum atomic E-state index is 12.8. The Morgan fingerprint density at radius 2 is 2.00 bits per heavy atom. The Labute approximate surface area is 166 Å². The molecule has 2 aromatic heterocycles. The van der Waals surface area contributed by atoms with E-state index in [-0.39, 0.29) is 11.8 Å². The molecule has 5 rings (SSSR count). The van der Waals surface area contributed by atoms with E-state index in [0.717, 1.165) is 54.6 Å². The maximum Gasteiger partial charge on any atom is 0.231 e. The third kappa shape index (κ3) is 3.46. The van der Waals surface area contributed by atoms with Crippen molar-refractivity contribution >= 4 is 49.1 Å². The number of amides is 1. The zero-order chi connectivity index (χ0) is 18.2. The smallest absolute Gasteiger partial charge is 0.231 e. The van der Waals surface area contributed by atoms with E-state index in [1.54, 1.807) is 22.7 Å². The van der Waals surface area contributed by atoms with Crippen molar-refractivity contribution in [3.63, 3.8) is 0 Å². The van der Waals surface area contributed by atoms with E-state index in [1.165, 1.54) is 28.1 Å². The number of para-hydroxylation sites is 1. The molecule has 1 amide bonds. The molecule has 2 aliphatic rings. The topological polar surface area (TPSA) is 58.1 Å². The molecule has 140 valence electrons. The SMILES string of the molecule is O=C(Nc1nc2c(s1)CCCC2)C1CCCN(c2nc3ccccc3s2)C1. The standard InChI is InChI=1S/C20H22N4OS2/c25-18(23-19-21-14-7-1-3-9-16(14)26-19)13-6-5-11-24(12-13)20-22-15-8-2-4-10-17(15)27-20/h2,4,8,10,13H,1,3,5-7,9,11-12H2,(H,21,23,25). The summed E-state index contributed by atoms with van der Waals surface area (Å²) in [6, 6.07) is 8.22. The fourth-order valence-electron chi connectivity index (χ4n) is 3.97. The third-order valence-electron chi connectivity index (χ3n) is 5.42. The van der Waals surface area contributed by atoms with Gasteiger partial charge in [-0.3, -0.25) is 4.79 Å². The number of fused-ring (bicyclic) bond motifs is 2. The van der Waals surface area contributed by atoms with E-state index in [4.69, 9.17) is 4.98 Å². The number of hydrogen-bond donors (Lipinski definition) is 1. The first-order valence-electron chi connectivity index (χ1n) is 9.66. The number of piperidine rings is 1. The number of nitrogens with zero attached hydrogens (tertiary/aromatic N) is 3. The Morgan fingerprint density at radius 3 is 2.89 bits per heavy atom. The molecule has 1 aliphatic heterocycles. The molecule has 1 aliphatic carbocycles. The first-order valence-corrected chi connectivity index (χ1v) is 11.3. The average Bonchev–Trinajstić information content (AvgIpc) is 3.31. The number of anilines is 2. The minimum atomic E-state index is -0.00769. The summed E-state index contributed by atoms with van der Waals surface area (Å²) >= 11 is 3.37. The van der Waals surface area contributed by atoms with Gasteiger partial charge in [-0.2, -0.15) is 0 Å². The molecule has 0 saturated carbocycles. The first kappa shape index (κ1) is 17.1. The summed E-state index contributed by atoms with van der Waals surface area (Å²) in [6.07, 6.45) is 6.56. The number of carbonyl (C=O) groups excluding carboxylic acids is 1. The van der Waals surface area contributed by atoms with Gasteiger partial charge in [-0.1, -0.05) is 23.5 Å². The number of hydrogen-bond acceptors (Lipinski definition) is 6. The molecule has 0 spiro atoms. The quantitative estimate of drug-likeness (QED) is 0.706. The van der Waals surface area contributed by atoms with E-state index in [9.17, 15) is 4.79 Å². The largest absolute Gasteiger partial charge is 0.347 e. The van der Waals surface area contributed by atoms with Gasteiger partial charge in [0.25, 0.3) is 0 Å². The molecule has 1 fully saturated rings. The first-order chi connectivity index (χ1) is 13.3. The van der Waals surface area contributed by atoms with Gasteiger partial charge in [-0.25, -0.2) is 9.97 Å². The van der Waals surface area contributed by atoms with Crippen LogP contribution in [0, 0.1) is 5.92 Å². The van der Waals surface area contributed by atoms with Crippen molar-refractivity contribution in [1.29, 1.82) is 0 Å². The normalized spacial score (nSPS) is 19.9. The minimum Gasteiger partial charge on any atom is -0.347 e. The Kier molecular flexibility index (Phi) is 4.57. The van der Waals surface area contributed by atoms with Crippen LogP contribution < -0.4 is 10.2 Å². The third-order valence-corrected chi connectivity index (χ3v) is 7.59. The monoisotopic (exact) mass is 398 g/mol. The molecule has 1 aromatic carbocycles. The molecule has 7 heteroatoms. The molecular formula is C20H22N4OS2. The lowest BCUT2D eigenvalue weighted by Crippen LogP contribution is -2.40. The Bertz CT molecular complexity index is 923. The lowest BCUT2D eigenvalue weighted by atomic mass is 9.97.